The molecule has 0 unspecified atom stereocenters. The normalized spacial score (nSPS) is 11.6. The predicted molar refractivity (Wildman–Crippen MR) is 102 cm³/mol. The Morgan fingerprint density at radius 1 is 1.08 bits per heavy atom. The molecule has 3 aromatic rings. The molecule has 0 aliphatic rings. The van der Waals surface area contributed by atoms with Gasteiger partial charge in [0.2, 0.25) is 0 Å². The van der Waals surface area contributed by atoms with Crippen LogP contribution in [-0.2, 0) is 9.84 Å². The summed E-state index contributed by atoms with van der Waals surface area (Å²) in [4.78, 5) is 4.75. The van der Waals surface area contributed by atoms with E-state index in [0.29, 0.717) is 10.6 Å². The van der Waals surface area contributed by atoms with Gasteiger partial charge in [-0.25, -0.2) is 13.4 Å². The van der Waals surface area contributed by atoms with Crippen LogP contribution in [0, 0.1) is 13.8 Å². The third-order valence-electron chi connectivity index (χ3n) is 3.90. The lowest BCUT2D eigenvalue weighted by Gasteiger charge is -2.11. The minimum atomic E-state index is -3.26. The number of imidazole rings is 1. The number of sulfone groups is 1. The van der Waals surface area contributed by atoms with Crippen molar-refractivity contribution in [2.75, 3.05) is 11.5 Å². The summed E-state index contributed by atoms with van der Waals surface area (Å²) in [6.07, 6.45) is 3.65. The third kappa shape index (κ3) is 4.14. The Labute approximate surface area is 152 Å². The fraction of sp³-hybridized carbons (Fsp3) is 0.211. The van der Waals surface area contributed by atoms with Crippen LogP contribution in [0.25, 0.3) is 5.69 Å². The summed E-state index contributed by atoms with van der Waals surface area (Å²) in [6.45, 7) is 4.13. The van der Waals surface area contributed by atoms with Gasteiger partial charge in [-0.3, -0.25) is 4.57 Å². The first kappa shape index (κ1) is 17.8. The summed E-state index contributed by atoms with van der Waals surface area (Å²) in [5.41, 5.74) is 3.44. The van der Waals surface area contributed by atoms with Crippen molar-refractivity contribution < 1.29 is 8.42 Å². The summed E-state index contributed by atoms with van der Waals surface area (Å²) < 4.78 is 26.7. The van der Waals surface area contributed by atoms with Crippen molar-refractivity contribution in [2.24, 2.45) is 0 Å². The van der Waals surface area contributed by atoms with E-state index in [4.69, 9.17) is 0 Å². The molecule has 0 bridgehead atoms. The minimum absolute atomic E-state index is 0.0847. The molecule has 3 rings (SSSR count). The lowest BCUT2D eigenvalue weighted by Crippen LogP contribution is -2.09. The SMILES string of the molecule is Cc1ccc(-n2ccnc2SCCS(=O)(=O)c2ccccc2)c(C)c1. The van der Waals surface area contributed by atoms with Crippen molar-refractivity contribution in [3.8, 4) is 5.69 Å². The average molecular weight is 373 g/mol. The summed E-state index contributed by atoms with van der Waals surface area (Å²) in [5.74, 6) is 0.542. The molecule has 0 aliphatic heterocycles. The fourth-order valence-electron chi connectivity index (χ4n) is 2.64. The van der Waals surface area contributed by atoms with Crippen molar-refractivity contribution >= 4 is 21.6 Å². The first-order valence-electron chi connectivity index (χ1n) is 7.99. The van der Waals surface area contributed by atoms with Gasteiger partial charge in [-0.1, -0.05) is 47.7 Å². The van der Waals surface area contributed by atoms with E-state index in [9.17, 15) is 8.42 Å². The quantitative estimate of drug-likeness (QED) is 0.613. The Balaban J connectivity index is 1.72. The molecule has 130 valence electrons. The van der Waals surface area contributed by atoms with Gasteiger partial charge in [0.15, 0.2) is 15.0 Å². The molecule has 0 spiro atoms. The fourth-order valence-corrected chi connectivity index (χ4v) is 5.28. The number of aromatic nitrogens is 2. The van der Waals surface area contributed by atoms with E-state index < -0.39 is 9.84 Å². The van der Waals surface area contributed by atoms with Crippen LogP contribution < -0.4 is 0 Å². The van der Waals surface area contributed by atoms with Crippen LogP contribution in [0.15, 0.2) is 71.0 Å². The monoisotopic (exact) mass is 372 g/mol. The Morgan fingerprint density at radius 3 is 2.56 bits per heavy atom. The molecule has 0 N–H and O–H groups in total. The zero-order valence-corrected chi connectivity index (χ0v) is 15.8. The molecule has 0 saturated heterocycles. The van der Waals surface area contributed by atoms with Gasteiger partial charge in [0.1, 0.15) is 0 Å². The number of aryl methyl sites for hydroxylation is 2. The molecule has 0 amide bonds. The van der Waals surface area contributed by atoms with Gasteiger partial charge in [-0.2, -0.15) is 0 Å². The van der Waals surface area contributed by atoms with Crippen LogP contribution in [0.5, 0.6) is 0 Å². The lowest BCUT2D eigenvalue weighted by atomic mass is 10.1. The van der Waals surface area contributed by atoms with Gasteiger partial charge in [-0.15, -0.1) is 0 Å². The zero-order valence-electron chi connectivity index (χ0n) is 14.2. The van der Waals surface area contributed by atoms with E-state index in [1.54, 1.807) is 30.5 Å². The van der Waals surface area contributed by atoms with Crippen LogP contribution in [0.3, 0.4) is 0 Å². The van der Waals surface area contributed by atoms with E-state index in [2.05, 4.69) is 37.0 Å². The molecule has 0 fully saturated rings. The molecule has 25 heavy (non-hydrogen) atoms. The second-order valence-corrected chi connectivity index (χ2v) is 9.02. The average Bonchev–Trinajstić information content (AvgIpc) is 3.04. The number of thioether (sulfide) groups is 1. The molecule has 1 heterocycles. The van der Waals surface area contributed by atoms with E-state index >= 15 is 0 Å². The number of hydrogen-bond donors (Lipinski definition) is 0. The highest BCUT2D eigenvalue weighted by Gasteiger charge is 2.15. The molecule has 6 heteroatoms. The van der Waals surface area contributed by atoms with E-state index in [1.807, 2.05) is 16.8 Å². The highest BCUT2D eigenvalue weighted by Crippen LogP contribution is 2.24. The maximum Gasteiger partial charge on any atom is 0.179 e. The van der Waals surface area contributed by atoms with E-state index in [0.717, 1.165) is 16.4 Å². The smallest absolute Gasteiger partial charge is 0.179 e. The van der Waals surface area contributed by atoms with E-state index in [1.165, 1.54) is 17.3 Å². The zero-order chi connectivity index (χ0) is 17.9. The third-order valence-corrected chi connectivity index (χ3v) is 6.86. The second-order valence-electron chi connectivity index (χ2n) is 5.85. The number of hydrogen-bond acceptors (Lipinski definition) is 4. The van der Waals surface area contributed by atoms with Crippen LogP contribution in [-0.4, -0.2) is 29.5 Å². The first-order valence-corrected chi connectivity index (χ1v) is 10.6. The Hall–Kier alpha value is -2.05. The summed E-state index contributed by atoms with van der Waals surface area (Å²) >= 11 is 1.46. The van der Waals surface area contributed by atoms with Crippen molar-refractivity contribution in [1.29, 1.82) is 0 Å². The van der Waals surface area contributed by atoms with Gasteiger partial charge in [0, 0.05) is 18.1 Å². The molecule has 0 saturated carbocycles. The minimum Gasteiger partial charge on any atom is -0.295 e. The number of nitrogens with zero attached hydrogens (tertiary/aromatic N) is 2. The van der Waals surface area contributed by atoms with Crippen LogP contribution in [0.2, 0.25) is 0 Å². The van der Waals surface area contributed by atoms with Gasteiger partial charge >= 0.3 is 0 Å². The van der Waals surface area contributed by atoms with Gasteiger partial charge in [0.05, 0.1) is 16.3 Å². The van der Waals surface area contributed by atoms with E-state index in [-0.39, 0.29) is 5.75 Å². The molecular formula is C19H20N2O2S2. The lowest BCUT2D eigenvalue weighted by molar-refractivity contribution is 0.597. The standard InChI is InChI=1S/C19H20N2O2S2/c1-15-8-9-18(16(2)14-15)21-11-10-20-19(21)24-12-13-25(22,23)17-6-4-3-5-7-17/h3-11,14H,12-13H2,1-2H3. The van der Waals surface area contributed by atoms with Gasteiger partial charge in [-0.05, 0) is 37.6 Å². The summed E-state index contributed by atoms with van der Waals surface area (Å²) in [6, 6.07) is 14.8. The molecular weight excluding hydrogens is 352 g/mol. The maximum absolute atomic E-state index is 12.4. The molecule has 0 atom stereocenters. The van der Waals surface area contributed by atoms with Gasteiger partial charge < -0.3 is 0 Å². The molecule has 0 aliphatic carbocycles. The Bertz CT molecular complexity index is 964. The maximum atomic E-state index is 12.4. The highest BCUT2D eigenvalue weighted by atomic mass is 32.2. The van der Waals surface area contributed by atoms with Crippen molar-refractivity contribution in [1.82, 2.24) is 9.55 Å². The Kier molecular flexibility index (Phi) is 5.30. The summed E-state index contributed by atoms with van der Waals surface area (Å²) in [7, 11) is -3.26. The molecule has 2 aromatic carbocycles. The van der Waals surface area contributed by atoms with Crippen molar-refractivity contribution in [3.63, 3.8) is 0 Å². The highest BCUT2D eigenvalue weighted by molar-refractivity contribution is 8.00. The van der Waals surface area contributed by atoms with Crippen molar-refractivity contribution in [3.05, 3.63) is 72.1 Å². The molecule has 4 nitrogen and oxygen atoms in total. The van der Waals surface area contributed by atoms with Crippen LogP contribution >= 0.6 is 11.8 Å². The van der Waals surface area contributed by atoms with Crippen LogP contribution in [0.4, 0.5) is 0 Å². The largest absolute Gasteiger partial charge is 0.295 e. The molecule has 0 radical (unpaired) electrons. The van der Waals surface area contributed by atoms with Crippen molar-refractivity contribution in [2.45, 2.75) is 23.9 Å². The predicted octanol–water partition coefficient (Wildman–Crippen LogP) is 4.06. The van der Waals surface area contributed by atoms with Gasteiger partial charge in [0.25, 0.3) is 0 Å². The molecule has 1 aromatic heterocycles. The second kappa shape index (κ2) is 7.45. The Morgan fingerprint density at radius 2 is 1.84 bits per heavy atom. The van der Waals surface area contributed by atoms with Crippen LogP contribution in [0.1, 0.15) is 11.1 Å². The number of rotatable bonds is 6. The first-order chi connectivity index (χ1) is 12.0. The topological polar surface area (TPSA) is 52.0 Å². The summed E-state index contributed by atoms with van der Waals surface area (Å²) in [5, 5.41) is 0.801. The number of benzene rings is 2.